The molecule has 0 unspecified atom stereocenters. The third kappa shape index (κ3) is 5.00. The van der Waals surface area contributed by atoms with Gasteiger partial charge in [-0.05, 0) is 12.8 Å². The first-order valence-corrected chi connectivity index (χ1v) is 7.03. The maximum atomic E-state index is 11.7. The summed E-state index contributed by atoms with van der Waals surface area (Å²) in [4.78, 5) is 34.8. The van der Waals surface area contributed by atoms with E-state index in [1.165, 1.54) is 0 Å². The molecular weight excluding hydrogens is 276 g/mol. The second-order valence-electron chi connectivity index (χ2n) is 6.41. The van der Waals surface area contributed by atoms with Gasteiger partial charge in [-0.1, -0.05) is 20.8 Å². The zero-order chi connectivity index (χ0) is 16.1. The van der Waals surface area contributed by atoms with Crippen molar-refractivity contribution >= 4 is 17.8 Å². The van der Waals surface area contributed by atoms with Crippen molar-refractivity contribution in [3.63, 3.8) is 0 Å². The summed E-state index contributed by atoms with van der Waals surface area (Å²) in [7, 11) is 0. The molecule has 21 heavy (non-hydrogen) atoms. The molecule has 1 rings (SSSR count). The fourth-order valence-corrected chi connectivity index (χ4v) is 1.98. The predicted octanol–water partition coefficient (Wildman–Crippen LogP) is 0.146. The van der Waals surface area contributed by atoms with E-state index in [-0.39, 0.29) is 24.9 Å². The van der Waals surface area contributed by atoms with Crippen LogP contribution in [0, 0.1) is 10.8 Å². The number of carbonyl (C=O) groups is 3. The van der Waals surface area contributed by atoms with Gasteiger partial charge in [0.2, 0.25) is 11.8 Å². The van der Waals surface area contributed by atoms with Crippen LogP contribution >= 0.6 is 0 Å². The number of carboxylic acid groups (broad SMARTS) is 1. The third-order valence-corrected chi connectivity index (χ3v) is 3.62. The second-order valence-corrected chi connectivity index (χ2v) is 6.41. The lowest BCUT2D eigenvalue weighted by molar-refractivity contribution is -0.154. The molecule has 0 bridgehead atoms. The van der Waals surface area contributed by atoms with Crippen LogP contribution in [-0.4, -0.2) is 49.2 Å². The first-order valence-electron chi connectivity index (χ1n) is 7.03. The number of hydrogen-bond acceptors (Lipinski definition) is 4. The van der Waals surface area contributed by atoms with Gasteiger partial charge in [-0.3, -0.25) is 14.4 Å². The van der Waals surface area contributed by atoms with Crippen molar-refractivity contribution in [1.82, 2.24) is 10.6 Å². The van der Waals surface area contributed by atoms with Gasteiger partial charge in [0, 0.05) is 25.2 Å². The minimum atomic E-state index is -0.970. The summed E-state index contributed by atoms with van der Waals surface area (Å²) in [6.45, 7) is 5.91. The molecule has 7 nitrogen and oxygen atoms in total. The van der Waals surface area contributed by atoms with E-state index >= 15 is 0 Å². The molecule has 3 N–H and O–H groups in total. The average molecular weight is 300 g/mol. The fourth-order valence-electron chi connectivity index (χ4n) is 1.98. The first-order chi connectivity index (χ1) is 9.67. The SMILES string of the molecule is CC(C)(C)C(=O)NCC(=O)NCC1(C(=O)O)CCOCC1. The zero-order valence-corrected chi connectivity index (χ0v) is 12.8. The van der Waals surface area contributed by atoms with E-state index in [4.69, 9.17) is 4.74 Å². The van der Waals surface area contributed by atoms with E-state index in [0.29, 0.717) is 26.1 Å². The molecule has 7 heteroatoms. The molecule has 0 atom stereocenters. The molecule has 0 radical (unpaired) electrons. The number of ether oxygens (including phenoxy) is 1. The molecule has 0 saturated carbocycles. The smallest absolute Gasteiger partial charge is 0.311 e. The van der Waals surface area contributed by atoms with E-state index < -0.39 is 16.8 Å². The topological polar surface area (TPSA) is 105 Å². The van der Waals surface area contributed by atoms with E-state index in [1.807, 2.05) is 0 Å². The monoisotopic (exact) mass is 300 g/mol. The minimum Gasteiger partial charge on any atom is -0.481 e. The molecule has 0 spiro atoms. The Morgan fingerprint density at radius 3 is 2.19 bits per heavy atom. The molecule has 1 saturated heterocycles. The summed E-state index contributed by atoms with van der Waals surface area (Å²) >= 11 is 0. The Balaban J connectivity index is 2.44. The van der Waals surface area contributed by atoms with Gasteiger partial charge in [-0.2, -0.15) is 0 Å². The van der Waals surface area contributed by atoms with Crippen molar-refractivity contribution in [3.8, 4) is 0 Å². The van der Waals surface area contributed by atoms with E-state index in [9.17, 15) is 19.5 Å². The van der Waals surface area contributed by atoms with Gasteiger partial charge in [0.25, 0.3) is 0 Å². The number of rotatable bonds is 5. The largest absolute Gasteiger partial charge is 0.481 e. The lowest BCUT2D eigenvalue weighted by Crippen LogP contribution is -2.49. The quantitative estimate of drug-likeness (QED) is 0.670. The number of aliphatic carboxylic acids is 1. The van der Waals surface area contributed by atoms with Crippen LogP contribution in [0.2, 0.25) is 0 Å². The summed E-state index contributed by atoms with van der Waals surface area (Å²) in [6, 6.07) is 0. The Bertz CT molecular complexity index is 408. The zero-order valence-electron chi connectivity index (χ0n) is 12.8. The second kappa shape index (κ2) is 6.89. The highest BCUT2D eigenvalue weighted by molar-refractivity contribution is 5.87. The van der Waals surface area contributed by atoms with Gasteiger partial charge in [0.1, 0.15) is 0 Å². The van der Waals surface area contributed by atoms with Crippen molar-refractivity contribution < 1.29 is 24.2 Å². The van der Waals surface area contributed by atoms with Crippen LogP contribution in [0.4, 0.5) is 0 Å². The standard InChI is InChI=1S/C14H24N2O5/c1-13(2,3)11(18)15-8-10(17)16-9-14(12(19)20)4-6-21-7-5-14/h4-9H2,1-3H3,(H,15,18)(H,16,17)(H,19,20). The van der Waals surface area contributed by atoms with E-state index in [0.717, 1.165) is 0 Å². The molecule has 1 aliphatic rings. The maximum Gasteiger partial charge on any atom is 0.311 e. The summed E-state index contributed by atoms with van der Waals surface area (Å²) in [5, 5.41) is 14.5. The van der Waals surface area contributed by atoms with Gasteiger partial charge in [0.15, 0.2) is 0 Å². The van der Waals surface area contributed by atoms with Crippen LogP contribution in [0.5, 0.6) is 0 Å². The normalized spacial score (nSPS) is 17.9. The van der Waals surface area contributed by atoms with Crippen LogP contribution in [0.15, 0.2) is 0 Å². The summed E-state index contributed by atoms with van der Waals surface area (Å²) < 4.78 is 5.17. The summed E-state index contributed by atoms with van der Waals surface area (Å²) in [6.07, 6.45) is 0.744. The molecule has 1 aliphatic heterocycles. The Labute approximate surface area is 124 Å². The highest BCUT2D eigenvalue weighted by Crippen LogP contribution is 2.29. The van der Waals surface area contributed by atoms with Crippen molar-refractivity contribution in [1.29, 1.82) is 0 Å². The molecule has 1 heterocycles. The predicted molar refractivity (Wildman–Crippen MR) is 75.6 cm³/mol. The van der Waals surface area contributed by atoms with Gasteiger partial charge >= 0.3 is 5.97 Å². The Hall–Kier alpha value is -1.63. The van der Waals surface area contributed by atoms with Crippen LogP contribution < -0.4 is 10.6 Å². The molecule has 0 aromatic heterocycles. The minimum absolute atomic E-state index is 0.0515. The van der Waals surface area contributed by atoms with E-state index in [1.54, 1.807) is 20.8 Å². The first kappa shape index (κ1) is 17.4. The number of carboxylic acids is 1. The highest BCUT2D eigenvalue weighted by Gasteiger charge is 2.40. The number of carbonyl (C=O) groups excluding carboxylic acids is 2. The molecule has 120 valence electrons. The van der Waals surface area contributed by atoms with Crippen molar-refractivity contribution in [2.75, 3.05) is 26.3 Å². The van der Waals surface area contributed by atoms with Gasteiger partial charge in [-0.25, -0.2) is 0 Å². The third-order valence-electron chi connectivity index (χ3n) is 3.62. The van der Waals surface area contributed by atoms with Gasteiger partial charge in [-0.15, -0.1) is 0 Å². The van der Waals surface area contributed by atoms with Gasteiger partial charge < -0.3 is 20.5 Å². The maximum absolute atomic E-state index is 11.7. The van der Waals surface area contributed by atoms with E-state index in [2.05, 4.69) is 10.6 Å². The van der Waals surface area contributed by atoms with Crippen molar-refractivity contribution in [3.05, 3.63) is 0 Å². The molecule has 2 amide bonds. The van der Waals surface area contributed by atoms with Gasteiger partial charge in [0.05, 0.1) is 12.0 Å². The highest BCUT2D eigenvalue weighted by atomic mass is 16.5. The summed E-state index contributed by atoms with van der Waals surface area (Å²) in [5.41, 5.74) is -1.54. The molecule has 0 aliphatic carbocycles. The Morgan fingerprint density at radius 2 is 1.71 bits per heavy atom. The summed E-state index contributed by atoms with van der Waals surface area (Å²) in [5.74, 6) is -1.54. The lowest BCUT2D eigenvalue weighted by Gasteiger charge is -2.33. The average Bonchev–Trinajstić information content (AvgIpc) is 2.42. The molecule has 0 aromatic rings. The van der Waals surface area contributed by atoms with Crippen LogP contribution in [0.3, 0.4) is 0 Å². The van der Waals surface area contributed by atoms with Crippen LogP contribution in [-0.2, 0) is 19.1 Å². The Kier molecular flexibility index (Phi) is 5.71. The fraction of sp³-hybridized carbons (Fsp3) is 0.786. The lowest BCUT2D eigenvalue weighted by atomic mass is 9.80. The molecular formula is C14H24N2O5. The molecule has 0 aromatic carbocycles. The van der Waals surface area contributed by atoms with Crippen molar-refractivity contribution in [2.45, 2.75) is 33.6 Å². The number of nitrogens with one attached hydrogen (secondary N) is 2. The number of amides is 2. The molecule has 1 fully saturated rings. The van der Waals surface area contributed by atoms with Crippen LogP contribution in [0.25, 0.3) is 0 Å². The van der Waals surface area contributed by atoms with Crippen molar-refractivity contribution in [2.24, 2.45) is 10.8 Å². The number of hydrogen-bond donors (Lipinski definition) is 3. The van der Waals surface area contributed by atoms with Crippen LogP contribution in [0.1, 0.15) is 33.6 Å². The Morgan fingerprint density at radius 1 is 1.14 bits per heavy atom.